The van der Waals surface area contributed by atoms with Gasteiger partial charge in [0.15, 0.2) is 5.82 Å². The highest BCUT2D eigenvalue weighted by Crippen LogP contribution is 2.17. The van der Waals surface area contributed by atoms with Gasteiger partial charge < -0.3 is 15.2 Å². The fourth-order valence-electron chi connectivity index (χ4n) is 1.62. The highest BCUT2D eigenvalue weighted by molar-refractivity contribution is 6.30. The lowest BCUT2D eigenvalue weighted by Gasteiger charge is -2.12. The van der Waals surface area contributed by atoms with Crippen LogP contribution in [-0.4, -0.2) is 39.1 Å². The summed E-state index contributed by atoms with van der Waals surface area (Å²) < 4.78 is 7.08. The molecule has 0 aliphatic carbocycles. The van der Waals surface area contributed by atoms with Gasteiger partial charge in [0.1, 0.15) is 24.8 Å². The summed E-state index contributed by atoms with van der Waals surface area (Å²) in [6, 6.07) is 7.07. The molecule has 1 aromatic carbocycles. The van der Waals surface area contributed by atoms with E-state index < -0.39 is 6.10 Å². The Morgan fingerprint density at radius 1 is 1.50 bits per heavy atom. The molecular formula is C13H17ClN4O2. The Bertz CT molecular complexity index is 547. The predicted molar refractivity (Wildman–Crippen MR) is 75.7 cm³/mol. The molecule has 1 aromatic heterocycles. The summed E-state index contributed by atoms with van der Waals surface area (Å²) in [7, 11) is 1.81. The number of aryl methyl sites for hydroxylation is 1. The van der Waals surface area contributed by atoms with E-state index in [2.05, 4.69) is 15.4 Å². The molecule has 0 fully saturated rings. The Labute approximate surface area is 122 Å². The molecule has 0 bridgehead atoms. The summed E-state index contributed by atoms with van der Waals surface area (Å²) in [5.41, 5.74) is 0. The van der Waals surface area contributed by atoms with E-state index in [4.69, 9.17) is 16.3 Å². The lowest BCUT2D eigenvalue weighted by atomic mass is 10.3. The molecule has 2 N–H and O–H groups in total. The highest BCUT2D eigenvalue weighted by atomic mass is 35.5. The van der Waals surface area contributed by atoms with E-state index in [1.165, 1.54) is 0 Å². The van der Waals surface area contributed by atoms with E-state index in [0.717, 1.165) is 0 Å². The third-order valence-electron chi connectivity index (χ3n) is 2.55. The number of aromatic nitrogens is 3. The van der Waals surface area contributed by atoms with Gasteiger partial charge in [-0.15, -0.1) is 0 Å². The molecule has 0 saturated heterocycles. The maximum Gasteiger partial charge on any atom is 0.164 e. The molecule has 7 heteroatoms. The van der Waals surface area contributed by atoms with E-state index >= 15 is 0 Å². The van der Waals surface area contributed by atoms with Crippen LogP contribution in [0.25, 0.3) is 0 Å². The van der Waals surface area contributed by atoms with Gasteiger partial charge in [0, 0.05) is 18.6 Å². The Hall–Kier alpha value is -1.63. The van der Waals surface area contributed by atoms with Crippen molar-refractivity contribution in [3.63, 3.8) is 0 Å². The first-order valence-electron chi connectivity index (χ1n) is 6.25. The van der Waals surface area contributed by atoms with Crippen molar-refractivity contribution in [3.8, 4) is 5.75 Å². The second-order valence-electron chi connectivity index (χ2n) is 4.39. The molecule has 0 saturated carbocycles. The zero-order valence-corrected chi connectivity index (χ0v) is 11.9. The van der Waals surface area contributed by atoms with Crippen LogP contribution in [-0.2, 0) is 13.6 Å². The summed E-state index contributed by atoms with van der Waals surface area (Å²) in [5, 5.41) is 17.6. The second kappa shape index (κ2) is 7.23. The van der Waals surface area contributed by atoms with Crippen molar-refractivity contribution in [1.82, 2.24) is 20.1 Å². The predicted octanol–water partition coefficient (Wildman–Crippen LogP) is 0.998. The van der Waals surface area contributed by atoms with Crippen LogP contribution < -0.4 is 10.1 Å². The summed E-state index contributed by atoms with van der Waals surface area (Å²) in [5.74, 6) is 1.33. The number of hydrogen-bond acceptors (Lipinski definition) is 5. The van der Waals surface area contributed by atoms with Crippen LogP contribution in [0.1, 0.15) is 5.82 Å². The molecule has 0 radical (unpaired) electrons. The maximum absolute atomic E-state index is 9.80. The number of aliphatic hydroxyl groups excluding tert-OH is 1. The van der Waals surface area contributed by atoms with E-state index in [0.29, 0.717) is 29.7 Å². The molecule has 2 rings (SSSR count). The molecule has 0 spiro atoms. The van der Waals surface area contributed by atoms with Gasteiger partial charge in [0.2, 0.25) is 0 Å². The van der Waals surface area contributed by atoms with Gasteiger partial charge in [-0.05, 0) is 18.2 Å². The lowest BCUT2D eigenvalue weighted by molar-refractivity contribution is 0.106. The topological polar surface area (TPSA) is 72.2 Å². The average molecular weight is 297 g/mol. The maximum atomic E-state index is 9.80. The molecule has 0 aliphatic heterocycles. The molecule has 1 heterocycles. The van der Waals surface area contributed by atoms with Crippen molar-refractivity contribution in [2.75, 3.05) is 13.2 Å². The number of rotatable bonds is 7. The van der Waals surface area contributed by atoms with Crippen LogP contribution in [0.2, 0.25) is 5.02 Å². The van der Waals surface area contributed by atoms with Gasteiger partial charge in [0.25, 0.3) is 0 Å². The zero-order chi connectivity index (χ0) is 14.4. The Morgan fingerprint density at radius 2 is 2.35 bits per heavy atom. The zero-order valence-electron chi connectivity index (χ0n) is 11.2. The van der Waals surface area contributed by atoms with Gasteiger partial charge in [-0.1, -0.05) is 17.7 Å². The molecule has 20 heavy (non-hydrogen) atoms. The van der Waals surface area contributed by atoms with Crippen LogP contribution in [0.5, 0.6) is 5.75 Å². The summed E-state index contributed by atoms with van der Waals surface area (Å²) in [6.07, 6.45) is 1.02. The van der Waals surface area contributed by atoms with Crippen LogP contribution in [0.3, 0.4) is 0 Å². The SMILES string of the molecule is Cn1cnc(CNCC(O)COc2cccc(Cl)c2)n1. The summed E-state index contributed by atoms with van der Waals surface area (Å²) >= 11 is 5.84. The minimum Gasteiger partial charge on any atom is -0.491 e. The average Bonchev–Trinajstić information content (AvgIpc) is 2.82. The molecule has 108 valence electrons. The van der Waals surface area contributed by atoms with Crippen molar-refractivity contribution >= 4 is 11.6 Å². The first-order valence-corrected chi connectivity index (χ1v) is 6.63. The largest absolute Gasteiger partial charge is 0.491 e. The van der Waals surface area contributed by atoms with E-state index in [-0.39, 0.29) is 6.61 Å². The quantitative estimate of drug-likeness (QED) is 0.797. The lowest BCUT2D eigenvalue weighted by Crippen LogP contribution is -2.31. The molecule has 1 atom stereocenters. The molecule has 6 nitrogen and oxygen atoms in total. The van der Waals surface area contributed by atoms with Crippen molar-refractivity contribution in [2.24, 2.45) is 7.05 Å². The number of nitrogens with one attached hydrogen (secondary N) is 1. The van der Waals surface area contributed by atoms with E-state index in [1.54, 1.807) is 35.3 Å². The van der Waals surface area contributed by atoms with Gasteiger partial charge in [-0.2, -0.15) is 5.10 Å². The molecule has 2 aromatic rings. The molecule has 0 amide bonds. The molecule has 0 aliphatic rings. The van der Waals surface area contributed by atoms with Crippen molar-refractivity contribution in [3.05, 3.63) is 41.4 Å². The monoisotopic (exact) mass is 296 g/mol. The molecule has 1 unspecified atom stereocenters. The van der Waals surface area contributed by atoms with Gasteiger partial charge in [-0.25, -0.2) is 4.98 Å². The first-order chi connectivity index (χ1) is 9.63. The van der Waals surface area contributed by atoms with Crippen molar-refractivity contribution < 1.29 is 9.84 Å². The Morgan fingerprint density at radius 3 is 3.05 bits per heavy atom. The van der Waals surface area contributed by atoms with Crippen molar-refractivity contribution in [2.45, 2.75) is 12.6 Å². The second-order valence-corrected chi connectivity index (χ2v) is 4.82. The van der Waals surface area contributed by atoms with Crippen molar-refractivity contribution in [1.29, 1.82) is 0 Å². The number of aliphatic hydroxyl groups is 1. The van der Waals surface area contributed by atoms with Crippen LogP contribution in [0, 0.1) is 0 Å². The Kier molecular flexibility index (Phi) is 5.34. The number of halogens is 1. The van der Waals surface area contributed by atoms with E-state index in [1.807, 2.05) is 7.05 Å². The number of nitrogens with zero attached hydrogens (tertiary/aromatic N) is 3. The highest BCUT2D eigenvalue weighted by Gasteiger charge is 2.06. The fraction of sp³-hybridized carbons (Fsp3) is 0.385. The third kappa shape index (κ3) is 4.80. The standard InChI is InChI=1S/C13H17ClN4O2/c1-18-9-16-13(17-18)7-15-6-11(19)8-20-12-4-2-3-10(14)5-12/h2-5,9,11,15,19H,6-8H2,1H3. The van der Waals surface area contributed by atoms with Crippen LogP contribution >= 0.6 is 11.6 Å². The summed E-state index contributed by atoms with van der Waals surface area (Å²) in [4.78, 5) is 4.08. The van der Waals surface area contributed by atoms with Crippen LogP contribution in [0.4, 0.5) is 0 Å². The van der Waals surface area contributed by atoms with Gasteiger partial charge in [0.05, 0.1) is 6.54 Å². The molecular weight excluding hydrogens is 280 g/mol. The van der Waals surface area contributed by atoms with Crippen LogP contribution in [0.15, 0.2) is 30.6 Å². The third-order valence-corrected chi connectivity index (χ3v) is 2.78. The number of benzene rings is 1. The minimum atomic E-state index is -0.613. The fourth-order valence-corrected chi connectivity index (χ4v) is 1.80. The Balaban J connectivity index is 1.66. The smallest absolute Gasteiger partial charge is 0.164 e. The normalized spacial score (nSPS) is 12.3. The minimum absolute atomic E-state index is 0.197. The summed E-state index contributed by atoms with van der Waals surface area (Å²) in [6.45, 7) is 1.11. The van der Waals surface area contributed by atoms with E-state index in [9.17, 15) is 5.11 Å². The first kappa shape index (κ1) is 14.8. The van der Waals surface area contributed by atoms with Gasteiger partial charge >= 0.3 is 0 Å². The number of ether oxygens (including phenoxy) is 1. The van der Waals surface area contributed by atoms with Gasteiger partial charge in [-0.3, -0.25) is 4.68 Å². The number of hydrogen-bond donors (Lipinski definition) is 2.